The highest BCUT2D eigenvalue weighted by molar-refractivity contribution is 5.98. The van der Waals surface area contributed by atoms with E-state index in [1.807, 2.05) is 11.9 Å². The number of nitrogens with two attached hydrogens (primary N) is 1. The van der Waals surface area contributed by atoms with Crippen LogP contribution in [0.15, 0.2) is 12.3 Å². The molecule has 2 rings (SSSR count). The van der Waals surface area contributed by atoms with Crippen LogP contribution in [-0.4, -0.2) is 42.5 Å². The Morgan fingerprint density at radius 1 is 1.67 bits per heavy atom. The fourth-order valence-corrected chi connectivity index (χ4v) is 2.69. The SMILES string of the molecule is CNCC1CCCN(c2ncc([N+](=O)[O-])cc2C(N)=O)C1. The number of nitrogens with one attached hydrogen (secondary N) is 1. The molecule has 1 aromatic rings. The van der Waals surface area contributed by atoms with Crippen molar-refractivity contribution in [2.24, 2.45) is 11.7 Å². The summed E-state index contributed by atoms with van der Waals surface area (Å²) < 4.78 is 0. The first kappa shape index (κ1) is 15.2. The number of carbonyl (C=O) groups excluding carboxylic acids is 1. The van der Waals surface area contributed by atoms with Gasteiger partial charge < -0.3 is 16.0 Å². The predicted molar refractivity (Wildman–Crippen MR) is 78.3 cm³/mol. The summed E-state index contributed by atoms with van der Waals surface area (Å²) in [7, 11) is 1.90. The van der Waals surface area contributed by atoms with Crippen molar-refractivity contribution >= 4 is 17.4 Å². The number of carbonyl (C=O) groups is 1. The number of rotatable bonds is 5. The molecular weight excluding hydrogens is 274 g/mol. The van der Waals surface area contributed by atoms with E-state index in [-0.39, 0.29) is 11.3 Å². The van der Waals surface area contributed by atoms with Gasteiger partial charge in [0, 0.05) is 19.2 Å². The molecule has 0 saturated carbocycles. The van der Waals surface area contributed by atoms with Crippen LogP contribution in [-0.2, 0) is 0 Å². The van der Waals surface area contributed by atoms with Crippen LogP contribution >= 0.6 is 0 Å². The highest BCUT2D eigenvalue weighted by atomic mass is 16.6. The lowest BCUT2D eigenvalue weighted by atomic mass is 9.97. The van der Waals surface area contributed by atoms with Crippen LogP contribution < -0.4 is 16.0 Å². The first-order valence-electron chi connectivity index (χ1n) is 6.86. The molecule has 1 aliphatic rings. The Morgan fingerprint density at radius 3 is 3.05 bits per heavy atom. The normalized spacial score (nSPS) is 18.5. The van der Waals surface area contributed by atoms with Gasteiger partial charge in [-0.15, -0.1) is 0 Å². The molecule has 1 amide bonds. The number of aromatic nitrogens is 1. The standard InChI is InChI=1S/C13H19N5O3/c1-15-6-9-3-2-4-17(8-9)13-11(12(14)19)5-10(7-16-13)18(20)21/h5,7,9,15H,2-4,6,8H2,1H3,(H2,14,19). The molecule has 1 atom stereocenters. The third-order valence-corrected chi connectivity index (χ3v) is 3.64. The number of hydrogen-bond acceptors (Lipinski definition) is 6. The van der Waals surface area contributed by atoms with Crippen molar-refractivity contribution in [2.75, 3.05) is 31.6 Å². The molecule has 0 aromatic carbocycles. The molecule has 0 radical (unpaired) electrons. The van der Waals surface area contributed by atoms with E-state index in [1.54, 1.807) is 0 Å². The first-order chi connectivity index (χ1) is 10.0. The fraction of sp³-hybridized carbons (Fsp3) is 0.538. The highest BCUT2D eigenvalue weighted by Crippen LogP contribution is 2.26. The zero-order chi connectivity index (χ0) is 15.4. The van der Waals surface area contributed by atoms with Gasteiger partial charge in [-0.3, -0.25) is 14.9 Å². The molecule has 8 heteroatoms. The Morgan fingerprint density at radius 2 is 2.43 bits per heavy atom. The molecule has 0 bridgehead atoms. The molecule has 1 aromatic heterocycles. The molecule has 3 N–H and O–H groups in total. The summed E-state index contributed by atoms with van der Waals surface area (Å²) in [5.74, 6) is 0.201. The third-order valence-electron chi connectivity index (χ3n) is 3.64. The van der Waals surface area contributed by atoms with Crippen LogP contribution in [0.4, 0.5) is 11.5 Å². The van der Waals surface area contributed by atoms with Gasteiger partial charge in [-0.05, 0) is 32.4 Å². The number of pyridine rings is 1. The quantitative estimate of drug-likeness (QED) is 0.604. The maximum atomic E-state index is 11.6. The summed E-state index contributed by atoms with van der Waals surface area (Å²) in [5, 5.41) is 13.9. The zero-order valence-corrected chi connectivity index (χ0v) is 11.9. The molecule has 1 unspecified atom stereocenters. The average Bonchev–Trinajstić information content (AvgIpc) is 2.47. The van der Waals surface area contributed by atoms with Gasteiger partial charge in [-0.2, -0.15) is 0 Å². The van der Waals surface area contributed by atoms with Crippen LogP contribution in [0.25, 0.3) is 0 Å². The van der Waals surface area contributed by atoms with Gasteiger partial charge in [0.1, 0.15) is 12.0 Å². The molecule has 21 heavy (non-hydrogen) atoms. The van der Waals surface area contributed by atoms with Crippen molar-refractivity contribution in [3.05, 3.63) is 27.9 Å². The van der Waals surface area contributed by atoms with E-state index in [9.17, 15) is 14.9 Å². The molecule has 0 aliphatic carbocycles. The summed E-state index contributed by atoms with van der Waals surface area (Å²) in [6.45, 7) is 2.41. The Hall–Kier alpha value is -2.22. The summed E-state index contributed by atoms with van der Waals surface area (Å²) >= 11 is 0. The van der Waals surface area contributed by atoms with Gasteiger partial charge >= 0.3 is 0 Å². The second kappa shape index (κ2) is 6.49. The van der Waals surface area contributed by atoms with Crippen molar-refractivity contribution in [3.8, 4) is 0 Å². The smallest absolute Gasteiger partial charge is 0.288 e. The van der Waals surface area contributed by atoms with Crippen molar-refractivity contribution in [3.63, 3.8) is 0 Å². The number of nitrogens with zero attached hydrogens (tertiary/aromatic N) is 3. The third kappa shape index (κ3) is 3.46. The first-order valence-corrected chi connectivity index (χ1v) is 6.86. The number of nitro groups is 1. The van der Waals surface area contributed by atoms with Crippen molar-refractivity contribution < 1.29 is 9.72 Å². The van der Waals surface area contributed by atoms with E-state index in [0.29, 0.717) is 11.7 Å². The van der Waals surface area contributed by atoms with E-state index in [2.05, 4.69) is 10.3 Å². The lowest BCUT2D eigenvalue weighted by Gasteiger charge is -2.34. The van der Waals surface area contributed by atoms with Gasteiger partial charge in [0.05, 0.1) is 10.5 Å². The molecule has 2 heterocycles. The van der Waals surface area contributed by atoms with E-state index in [4.69, 9.17) is 5.73 Å². The van der Waals surface area contributed by atoms with Gasteiger partial charge in [0.25, 0.3) is 11.6 Å². The lowest BCUT2D eigenvalue weighted by Crippen LogP contribution is -2.40. The average molecular weight is 293 g/mol. The maximum absolute atomic E-state index is 11.6. The number of amides is 1. The van der Waals surface area contributed by atoms with Crippen LogP contribution in [0.3, 0.4) is 0 Å². The summed E-state index contributed by atoms with van der Waals surface area (Å²) in [4.78, 5) is 27.9. The monoisotopic (exact) mass is 293 g/mol. The molecule has 1 saturated heterocycles. The summed E-state index contributed by atoms with van der Waals surface area (Å²) in [6.07, 6.45) is 3.27. The molecular formula is C13H19N5O3. The van der Waals surface area contributed by atoms with Gasteiger partial charge in [-0.25, -0.2) is 4.98 Å². The summed E-state index contributed by atoms with van der Waals surface area (Å²) in [5.41, 5.74) is 5.22. The van der Waals surface area contributed by atoms with Crippen LogP contribution in [0.5, 0.6) is 0 Å². The lowest BCUT2D eigenvalue weighted by molar-refractivity contribution is -0.385. The van der Waals surface area contributed by atoms with Crippen molar-refractivity contribution in [2.45, 2.75) is 12.8 Å². The second-order valence-corrected chi connectivity index (χ2v) is 5.20. The number of hydrogen-bond donors (Lipinski definition) is 2. The van der Waals surface area contributed by atoms with E-state index < -0.39 is 10.8 Å². The van der Waals surface area contributed by atoms with Crippen molar-refractivity contribution in [1.29, 1.82) is 0 Å². The Labute approximate surface area is 122 Å². The minimum Gasteiger partial charge on any atom is -0.365 e. The number of anilines is 1. The minimum absolute atomic E-state index is 0.106. The molecule has 0 spiro atoms. The maximum Gasteiger partial charge on any atom is 0.288 e. The van der Waals surface area contributed by atoms with Gasteiger partial charge in [0.15, 0.2) is 0 Å². The Bertz CT molecular complexity index is 547. The van der Waals surface area contributed by atoms with E-state index >= 15 is 0 Å². The highest BCUT2D eigenvalue weighted by Gasteiger charge is 2.25. The Kier molecular flexibility index (Phi) is 4.69. The molecule has 1 aliphatic heterocycles. The minimum atomic E-state index is -0.697. The number of primary amides is 1. The predicted octanol–water partition coefficient (Wildman–Crippen LogP) is 0.524. The Balaban J connectivity index is 2.29. The summed E-state index contributed by atoms with van der Waals surface area (Å²) in [6, 6.07) is 1.20. The molecule has 1 fully saturated rings. The van der Waals surface area contributed by atoms with E-state index in [0.717, 1.165) is 32.5 Å². The van der Waals surface area contributed by atoms with E-state index in [1.165, 1.54) is 12.3 Å². The van der Waals surface area contributed by atoms with Crippen molar-refractivity contribution in [1.82, 2.24) is 10.3 Å². The van der Waals surface area contributed by atoms with Gasteiger partial charge in [0.2, 0.25) is 0 Å². The van der Waals surface area contributed by atoms with Crippen LogP contribution in [0, 0.1) is 16.0 Å². The molecule has 8 nitrogen and oxygen atoms in total. The number of piperidine rings is 1. The second-order valence-electron chi connectivity index (χ2n) is 5.20. The topological polar surface area (TPSA) is 114 Å². The zero-order valence-electron chi connectivity index (χ0n) is 11.9. The van der Waals surface area contributed by atoms with Crippen LogP contribution in [0.1, 0.15) is 23.2 Å². The fourth-order valence-electron chi connectivity index (χ4n) is 2.69. The largest absolute Gasteiger partial charge is 0.365 e. The molecule has 114 valence electrons. The van der Waals surface area contributed by atoms with Gasteiger partial charge in [-0.1, -0.05) is 0 Å². The van der Waals surface area contributed by atoms with Crippen LogP contribution in [0.2, 0.25) is 0 Å².